The first-order chi connectivity index (χ1) is 7.93. The smallest absolute Gasteiger partial charge is 0.144 e. The molecule has 0 aliphatic carbocycles. The van der Waals surface area contributed by atoms with E-state index >= 15 is 0 Å². The van der Waals surface area contributed by atoms with Crippen LogP contribution < -0.4 is 5.32 Å². The number of benzene rings is 1. The van der Waals surface area contributed by atoms with Crippen LogP contribution in [0.5, 0.6) is 0 Å². The largest absolute Gasteiger partial charge is 0.311 e. The van der Waals surface area contributed by atoms with E-state index in [0.717, 1.165) is 0 Å². The lowest BCUT2D eigenvalue weighted by molar-refractivity contribution is 0.301. The Labute approximate surface area is 109 Å². The van der Waals surface area contributed by atoms with Gasteiger partial charge in [-0.3, -0.25) is 0 Å². The van der Waals surface area contributed by atoms with Crippen molar-refractivity contribution in [2.24, 2.45) is 0 Å². The molecule has 1 N–H and O–H groups in total. The van der Waals surface area contributed by atoms with Gasteiger partial charge in [0.25, 0.3) is 0 Å². The molecule has 0 saturated heterocycles. The van der Waals surface area contributed by atoms with Gasteiger partial charge in [-0.1, -0.05) is 0 Å². The van der Waals surface area contributed by atoms with Gasteiger partial charge in [0.05, 0.1) is 4.47 Å². The summed E-state index contributed by atoms with van der Waals surface area (Å²) in [5.74, 6) is -1.05. The first-order valence-electron chi connectivity index (χ1n) is 5.43. The highest BCUT2D eigenvalue weighted by Gasteiger charge is 2.12. The topological polar surface area (TPSA) is 15.3 Å². The van der Waals surface area contributed by atoms with Crippen molar-refractivity contribution in [1.29, 1.82) is 0 Å². The molecule has 96 valence electrons. The second-order valence-corrected chi connectivity index (χ2v) is 5.12. The molecule has 5 heteroatoms. The van der Waals surface area contributed by atoms with E-state index in [0.29, 0.717) is 12.6 Å². The average Bonchev–Trinajstić information content (AvgIpc) is 2.28. The number of halogens is 3. The van der Waals surface area contributed by atoms with Crippen LogP contribution in [0.3, 0.4) is 0 Å². The van der Waals surface area contributed by atoms with Gasteiger partial charge in [-0.15, -0.1) is 0 Å². The Bertz CT molecular complexity index is 383. The maximum atomic E-state index is 13.6. The molecule has 1 unspecified atom stereocenters. The Kier molecular flexibility index (Phi) is 5.49. The zero-order valence-electron chi connectivity index (χ0n) is 10.2. The highest BCUT2D eigenvalue weighted by molar-refractivity contribution is 9.10. The van der Waals surface area contributed by atoms with Gasteiger partial charge in [0.1, 0.15) is 11.6 Å². The molecule has 2 nitrogen and oxygen atoms in total. The van der Waals surface area contributed by atoms with E-state index in [9.17, 15) is 8.78 Å². The molecule has 0 fully saturated rings. The Morgan fingerprint density at radius 1 is 1.35 bits per heavy atom. The molecule has 0 aliphatic rings. The monoisotopic (exact) mass is 306 g/mol. The fourth-order valence-electron chi connectivity index (χ4n) is 1.32. The van der Waals surface area contributed by atoms with Crippen LogP contribution in [-0.4, -0.2) is 31.6 Å². The van der Waals surface area contributed by atoms with Gasteiger partial charge in [0, 0.05) is 24.7 Å². The summed E-state index contributed by atoms with van der Waals surface area (Å²) in [5.41, 5.74) is 0.0744. The zero-order valence-corrected chi connectivity index (χ0v) is 11.8. The van der Waals surface area contributed by atoms with Crippen molar-refractivity contribution in [3.8, 4) is 0 Å². The number of nitrogens with zero attached hydrogens (tertiary/aromatic N) is 1. The first kappa shape index (κ1) is 14.5. The predicted octanol–water partition coefficient (Wildman–Crippen LogP) is 2.77. The van der Waals surface area contributed by atoms with Crippen molar-refractivity contribution in [3.05, 3.63) is 33.8 Å². The van der Waals surface area contributed by atoms with Crippen molar-refractivity contribution in [2.45, 2.75) is 19.5 Å². The van der Waals surface area contributed by atoms with E-state index in [-0.39, 0.29) is 16.6 Å². The van der Waals surface area contributed by atoms with Gasteiger partial charge in [0.2, 0.25) is 0 Å². The van der Waals surface area contributed by atoms with Crippen LogP contribution in [0.15, 0.2) is 16.6 Å². The summed E-state index contributed by atoms with van der Waals surface area (Å²) in [6.07, 6.45) is 0. The minimum absolute atomic E-state index is 0.0744. The normalized spacial score (nSPS) is 13.1. The Hall–Kier alpha value is -0.520. The lowest BCUT2D eigenvalue weighted by Crippen LogP contribution is -2.35. The predicted molar refractivity (Wildman–Crippen MR) is 68.9 cm³/mol. The lowest BCUT2D eigenvalue weighted by Gasteiger charge is -2.20. The second kappa shape index (κ2) is 6.42. The highest BCUT2D eigenvalue weighted by atomic mass is 79.9. The van der Waals surface area contributed by atoms with Gasteiger partial charge < -0.3 is 10.2 Å². The van der Waals surface area contributed by atoms with Gasteiger partial charge in [-0.25, -0.2) is 8.78 Å². The molecule has 0 aliphatic heterocycles. The summed E-state index contributed by atoms with van der Waals surface area (Å²) in [6, 6.07) is 2.95. The maximum absolute atomic E-state index is 13.6. The maximum Gasteiger partial charge on any atom is 0.144 e. The molecule has 17 heavy (non-hydrogen) atoms. The van der Waals surface area contributed by atoms with Crippen LogP contribution in [0, 0.1) is 11.6 Å². The van der Waals surface area contributed by atoms with Crippen molar-refractivity contribution in [1.82, 2.24) is 10.2 Å². The molecule has 1 aromatic rings. The molecular weight excluding hydrogens is 290 g/mol. The van der Waals surface area contributed by atoms with E-state index in [4.69, 9.17) is 0 Å². The summed E-state index contributed by atoms with van der Waals surface area (Å²) >= 11 is 3.05. The second-order valence-electron chi connectivity index (χ2n) is 4.27. The molecule has 1 atom stereocenters. The fraction of sp³-hybridized carbons (Fsp3) is 0.500. The van der Waals surface area contributed by atoms with Crippen molar-refractivity contribution in [3.63, 3.8) is 0 Å². The summed E-state index contributed by atoms with van der Waals surface area (Å²) in [7, 11) is 3.93. The third kappa shape index (κ3) is 4.01. The SMILES string of the molecule is CC(CNCc1c(F)ccc(Br)c1F)N(C)C. The number of hydrogen-bond donors (Lipinski definition) is 1. The minimum Gasteiger partial charge on any atom is -0.311 e. The average molecular weight is 307 g/mol. The van der Waals surface area contributed by atoms with Gasteiger partial charge in [0.15, 0.2) is 0 Å². The molecule has 0 aromatic heterocycles. The Balaban J connectivity index is 2.61. The molecule has 0 radical (unpaired) electrons. The number of hydrogen-bond acceptors (Lipinski definition) is 2. The summed E-state index contributed by atoms with van der Waals surface area (Å²) in [5, 5.41) is 3.05. The van der Waals surface area contributed by atoms with Gasteiger partial charge in [-0.05, 0) is 49.1 Å². The van der Waals surface area contributed by atoms with E-state index in [1.165, 1.54) is 12.1 Å². The van der Waals surface area contributed by atoms with E-state index in [2.05, 4.69) is 21.2 Å². The summed E-state index contributed by atoms with van der Waals surface area (Å²) < 4.78 is 27.3. The van der Waals surface area contributed by atoms with Crippen LogP contribution in [-0.2, 0) is 6.54 Å². The molecule has 0 saturated carbocycles. The number of rotatable bonds is 5. The standard InChI is InChI=1S/C12H17BrF2N2/c1-8(17(2)3)6-16-7-9-11(14)5-4-10(13)12(9)15/h4-5,8,16H,6-7H2,1-3H3. The Morgan fingerprint density at radius 2 is 2.00 bits per heavy atom. The van der Waals surface area contributed by atoms with Crippen molar-refractivity contribution < 1.29 is 8.78 Å². The zero-order chi connectivity index (χ0) is 13.0. The minimum atomic E-state index is -0.532. The highest BCUT2D eigenvalue weighted by Crippen LogP contribution is 2.21. The van der Waals surface area contributed by atoms with Crippen LogP contribution in [0.1, 0.15) is 12.5 Å². The molecule has 0 bridgehead atoms. The number of nitrogens with one attached hydrogen (secondary N) is 1. The molecule has 0 spiro atoms. The summed E-state index contributed by atoms with van der Waals surface area (Å²) in [6.45, 7) is 2.91. The van der Waals surface area contributed by atoms with E-state index in [1.54, 1.807) is 0 Å². The third-order valence-electron chi connectivity index (χ3n) is 2.76. The summed E-state index contributed by atoms with van der Waals surface area (Å²) in [4.78, 5) is 2.04. The first-order valence-corrected chi connectivity index (χ1v) is 6.22. The molecule has 1 aromatic carbocycles. The van der Waals surface area contributed by atoms with Crippen LogP contribution in [0.25, 0.3) is 0 Å². The quantitative estimate of drug-likeness (QED) is 0.842. The van der Waals surface area contributed by atoms with Crippen molar-refractivity contribution >= 4 is 15.9 Å². The fourth-order valence-corrected chi connectivity index (χ4v) is 1.69. The van der Waals surface area contributed by atoms with Gasteiger partial charge in [-0.2, -0.15) is 0 Å². The lowest BCUT2D eigenvalue weighted by atomic mass is 10.2. The van der Waals surface area contributed by atoms with Crippen LogP contribution in [0.2, 0.25) is 0 Å². The van der Waals surface area contributed by atoms with Crippen LogP contribution in [0.4, 0.5) is 8.78 Å². The van der Waals surface area contributed by atoms with E-state index in [1.807, 2.05) is 25.9 Å². The number of likely N-dealkylation sites (N-methyl/N-ethyl adjacent to an activating group) is 1. The molecule has 0 heterocycles. The molecule has 1 rings (SSSR count). The third-order valence-corrected chi connectivity index (χ3v) is 3.37. The van der Waals surface area contributed by atoms with Crippen molar-refractivity contribution in [2.75, 3.05) is 20.6 Å². The molecular formula is C12H17BrF2N2. The Morgan fingerprint density at radius 3 is 2.59 bits per heavy atom. The molecule has 0 amide bonds. The van der Waals surface area contributed by atoms with Crippen LogP contribution >= 0.6 is 15.9 Å². The van der Waals surface area contributed by atoms with E-state index < -0.39 is 11.6 Å². The van der Waals surface area contributed by atoms with Gasteiger partial charge >= 0.3 is 0 Å².